The Morgan fingerprint density at radius 2 is 2.36 bits per heavy atom. The van der Waals surface area contributed by atoms with Crippen molar-refractivity contribution < 1.29 is 14.3 Å². The van der Waals surface area contributed by atoms with E-state index < -0.39 is 6.16 Å². The Balaban J connectivity index is 2.19. The molecule has 1 rings (SSSR count). The summed E-state index contributed by atoms with van der Waals surface area (Å²) in [5, 5.41) is 6.07. The maximum Gasteiger partial charge on any atom is 0.509 e. The van der Waals surface area contributed by atoms with E-state index in [1.807, 2.05) is 0 Å². The molecule has 1 saturated heterocycles. The van der Waals surface area contributed by atoms with Gasteiger partial charge in [-0.1, -0.05) is 0 Å². The second-order valence-corrected chi connectivity index (χ2v) is 2.22. The normalized spacial score (nSPS) is 24.3. The van der Waals surface area contributed by atoms with Gasteiger partial charge >= 0.3 is 6.16 Å². The van der Waals surface area contributed by atoms with Gasteiger partial charge in [0.2, 0.25) is 0 Å². The highest BCUT2D eigenvalue weighted by molar-refractivity contribution is 5.59. The molecule has 1 aliphatic rings. The number of ether oxygens (including phenoxy) is 2. The molecular formula is C6H12N2O3. The number of nitrogens with one attached hydrogen (secondary N) is 2. The van der Waals surface area contributed by atoms with Gasteiger partial charge < -0.3 is 14.8 Å². The molecule has 0 amide bonds. The van der Waals surface area contributed by atoms with E-state index in [1.54, 1.807) is 0 Å². The van der Waals surface area contributed by atoms with Gasteiger partial charge in [-0.05, 0) is 0 Å². The molecule has 0 bridgehead atoms. The van der Waals surface area contributed by atoms with E-state index >= 15 is 0 Å². The molecule has 0 aromatic heterocycles. The molecule has 1 heterocycles. The van der Waals surface area contributed by atoms with Gasteiger partial charge in [0.25, 0.3) is 0 Å². The molecule has 0 radical (unpaired) electrons. The summed E-state index contributed by atoms with van der Waals surface area (Å²) in [6.07, 6.45) is -0.901. The van der Waals surface area contributed by atoms with Crippen LogP contribution in [0.3, 0.4) is 0 Å². The smallest absolute Gasteiger partial charge is 0.438 e. The Hall–Kier alpha value is -0.810. The molecular weight excluding hydrogens is 148 g/mol. The molecule has 0 aromatic rings. The second kappa shape index (κ2) is 4.15. The van der Waals surface area contributed by atoms with Gasteiger partial charge in [-0.25, -0.2) is 4.79 Å². The summed E-state index contributed by atoms with van der Waals surface area (Å²) < 4.78 is 9.13. The van der Waals surface area contributed by atoms with E-state index in [1.165, 1.54) is 7.11 Å². The highest BCUT2D eigenvalue weighted by Gasteiger charge is 2.15. The van der Waals surface area contributed by atoms with Crippen LogP contribution in [0.15, 0.2) is 0 Å². The molecule has 5 heteroatoms. The predicted molar refractivity (Wildman–Crippen MR) is 38.2 cm³/mol. The third kappa shape index (κ3) is 2.73. The minimum atomic E-state index is -0.647. The first-order valence-electron chi connectivity index (χ1n) is 3.51. The maximum atomic E-state index is 10.6. The van der Waals surface area contributed by atoms with Crippen LogP contribution in [0.1, 0.15) is 0 Å². The molecule has 1 aliphatic heterocycles. The van der Waals surface area contributed by atoms with Crippen molar-refractivity contribution in [3.05, 3.63) is 0 Å². The van der Waals surface area contributed by atoms with Gasteiger partial charge in [0.1, 0.15) is 0 Å². The quantitative estimate of drug-likeness (QED) is 0.496. The maximum absolute atomic E-state index is 10.6. The standard InChI is InChI=1S/C6H12N2O3/c1-10-6(9)11-5-4-7-2-3-8-5/h5,7-8H,2-4H2,1H3/t5-/m0/s1. The van der Waals surface area contributed by atoms with Crippen molar-refractivity contribution in [2.45, 2.75) is 6.23 Å². The summed E-state index contributed by atoms with van der Waals surface area (Å²) in [6, 6.07) is 0. The van der Waals surface area contributed by atoms with Crippen LogP contribution in [0.5, 0.6) is 0 Å². The monoisotopic (exact) mass is 160 g/mol. The van der Waals surface area contributed by atoms with Gasteiger partial charge in [0.05, 0.1) is 7.11 Å². The van der Waals surface area contributed by atoms with E-state index in [2.05, 4.69) is 15.4 Å². The first-order chi connectivity index (χ1) is 5.33. The fourth-order valence-electron chi connectivity index (χ4n) is 0.874. The van der Waals surface area contributed by atoms with Gasteiger partial charge in [0.15, 0.2) is 6.23 Å². The number of carbonyl (C=O) groups excluding carboxylic acids is 1. The Kier molecular flexibility index (Phi) is 3.13. The molecule has 1 fully saturated rings. The summed E-state index contributed by atoms with van der Waals surface area (Å²) in [5.74, 6) is 0. The summed E-state index contributed by atoms with van der Waals surface area (Å²) in [7, 11) is 1.29. The van der Waals surface area contributed by atoms with E-state index in [4.69, 9.17) is 4.74 Å². The number of piperazine rings is 1. The third-order valence-corrected chi connectivity index (χ3v) is 1.41. The molecule has 64 valence electrons. The van der Waals surface area contributed by atoms with Crippen LogP contribution in [0.2, 0.25) is 0 Å². The first kappa shape index (κ1) is 8.29. The minimum absolute atomic E-state index is 0.254. The molecule has 5 nitrogen and oxygen atoms in total. The van der Waals surface area contributed by atoms with Crippen LogP contribution in [-0.2, 0) is 9.47 Å². The van der Waals surface area contributed by atoms with Crippen molar-refractivity contribution in [1.82, 2.24) is 10.6 Å². The lowest BCUT2D eigenvalue weighted by atomic mass is 10.4. The lowest BCUT2D eigenvalue weighted by molar-refractivity contribution is 0.0186. The number of methoxy groups -OCH3 is 1. The highest BCUT2D eigenvalue weighted by Crippen LogP contribution is 1.92. The molecule has 0 aliphatic carbocycles. The summed E-state index contributed by atoms with van der Waals surface area (Å²) >= 11 is 0. The topological polar surface area (TPSA) is 59.6 Å². The first-order valence-corrected chi connectivity index (χ1v) is 3.51. The number of carbonyl (C=O) groups is 1. The molecule has 11 heavy (non-hydrogen) atoms. The number of hydrogen-bond acceptors (Lipinski definition) is 5. The van der Waals surface area contributed by atoms with Gasteiger partial charge in [0, 0.05) is 19.6 Å². The fourth-order valence-corrected chi connectivity index (χ4v) is 0.874. The zero-order valence-corrected chi connectivity index (χ0v) is 6.42. The SMILES string of the molecule is COC(=O)O[C@H]1CNCCN1. The average molecular weight is 160 g/mol. The van der Waals surface area contributed by atoms with Crippen molar-refractivity contribution in [3.8, 4) is 0 Å². The van der Waals surface area contributed by atoms with Crippen LogP contribution in [0.4, 0.5) is 4.79 Å². The van der Waals surface area contributed by atoms with E-state index in [0.717, 1.165) is 13.1 Å². The van der Waals surface area contributed by atoms with Crippen molar-refractivity contribution in [2.75, 3.05) is 26.7 Å². The van der Waals surface area contributed by atoms with Gasteiger partial charge in [-0.3, -0.25) is 5.32 Å². The number of rotatable bonds is 1. The van der Waals surface area contributed by atoms with Crippen molar-refractivity contribution >= 4 is 6.16 Å². The predicted octanol–water partition coefficient (Wildman–Crippen LogP) is -0.712. The molecule has 0 unspecified atom stereocenters. The van der Waals surface area contributed by atoms with E-state index in [0.29, 0.717) is 6.54 Å². The van der Waals surface area contributed by atoms with Crippen LogP contribution in [0, 0.1) is 0 Å². The summed E-state index contributed by atoms with van der Waals surface area (Å²) in [5.41, 5.74) is 0. The highest BCUT2D eigenvalue weighted by atomic mass is 16.7. The van der Waals surface area contributed by atoms with Crippen LogP contribution < -0.4 is 10.6 Å². The van der Waals surface area contributed by atoms with Crippen molar-refractivity contribution in [3.63, 3.8) is 0 Å². The Bertz CT molecular complexity index is 134. The molecule has 2 N–H and O–H groups in total. The second-order valence-electron chi connectivity index (χ2n) is 2.22. The molecule has 1 atom stereocenters. The Morgan fingerprint density at radius 3 is 2.91 bits per heavy atom. The lowest BCUT2D eigenvalue weighted by Gasteiger charge is -2.23. The minimum Gasteiger partial charge on any atom is -0.438 e. The Morgan fingerprint density at radius 1 is 1.55 bits per heavy atom. The average Bonchev–Trinajstić information content (AvgIpc) is 2.06. The fraction of sp³-hybridized carbons (Fsp3) is 0.833. The van der Waals surface area contributed by atoms with Gasteiger partial charge in [-0.2, -0.15) is 0 Å². The molecule has 0 saturated carbocycles. The zero-order chi connectivity index (χ0) is 8.10. The Labute approximate surface area is 65.0 Å². The number of hydrogen-bond donors (Lipinski definition) is 2. The summed E-state index contributed by atoms with van der Waals surface area (Å²) in [4.78, 5) is 10.6. The lowest BCUT2D eigenvalue weighted by Crippen LogP contribution is -2.50. The summed E-state index contributed by atoms with van der Waals surface area (Å²) in [6.45, 7) is 2.35. The van der Waals surface area contributed by atoms with Crippen LogP contribution in [-0.4, -0.2) is 39.1 Å². The third-order valence-electron chi connectivity index (χ3n) is 1.41. The zero-order valence-electron chi connectivity index (χ0n) is 6.42. The van der Waals surface area contributed by atoms with E-state index in [9.17, 15) is 4.79 Å². The van der Waals surface area contributed by atoms with Gasteiger partial charge in [-0.15, -0.1) is 0 Å². The van der Waals surface area contributed by atoms with Crippen LogP contribution in [0.25, 0.3) is 0 Å². The largest absolute Gasteiger partial charge is 0.509 e. The van der Waals surface area contributed by atoms with Crippen molar-refractivity contribution in [2.24, 2.45) is 0 Å². The van der Waals surface area contributed by atoms with E-state index in [-0.39, 0.29) is 6.23 Å². The molecule has 0 spiro atoms. The van der Waals surface area contributed by atoms with Crippen LogP contribution >= 0.6 is 0 Å². The van der Waals surface area contributed by atoms with Crippen molar-refractivity contribution in [1.29, 1.82) is 0 Å². The molecule has 0 aromatic carbocycles.